The lowest BCUT2D eigenvalue weighted by Crippen LogP contribution is -2.27. The van der Waals surface area contributed by atoms with Gasteiger partial charge in [-0.1, -0.05) is 11.6 Å². The Bertz CT molecular complexity index is 587. The van der Waals surface area contributed by atoms with E-state index in [0.717, 1.165) is 0 Å². The summed E-state index contributed by atoms with van der Waals surface area (Å²) in [6.45, 7) is 1.72. The van der Waals surface area contributed by atoms with E-state index in [0.29, 0.717) is 5.75 Å². The van der Waals surface area contributed by atoms with Crippen molar-refractivity contribution in [2.24, 2.45) is 0 Å². The zero-order valence-corrected chi connectivity index (χ0v) is 12.8. The van der Waals surface area contributed by atoms with E-state index >= 15 is 0 Å². The molecule has 1 aromatic carbocycles. The van der Waals surface area contributed by atoms with Crippen molar-refractivity contribution in [2.75, 3.05) is 18.6 Å². The maximum Gasteiger partial charge on any atom is 0.336 e. The molecule has 0 spiro atoms. The molecule has 106 valence electrons. The second-order valence-electron chi connectivity index (χ2n) is 3.77. The third-order valence-corrected chi connectivity index (χ3v) is 4.86. The number of carboxylic acid groups (broad SMARTS) is 1. The van der Waals surface area contributed by atoms with Crippen LogP contribution in [0.25, 0.3) is 0 Å². The SMILES string of the molecule is CSCCNS(=O)(=O)c1cc(Cl)cc(C(=O)O)c1C. The largest absolute Gasteiger partial charge is 0.478 e. The number of carbonyl (C=O) groups is 1. The summed E-state index contributed by atoms with van der Waals surface area (Å²) in [4.78, 5) is 10.9. The summed E-state index contributed by atoms with van der Waals surface area (Å²) < 4.78 is 26.6. The number of sulfonamides is 1. The van der Waals surface area contributed by atoms with E-state index in [-0.39, 0.29) is 27.6 Å². The molecule has 0 bridgehead atoms. The van der Waals surface area contributed by atoms with Crippen molar-refractivity contribution < 1.29 is 18.3 Å². The molecule has 8 heteroatoms. The average molecular weight is 324 g/mol. The Kier molecular flexibility index (Phi) is 5.66. The highest BCUT2D eigenvalue weighted by molar-refractivity contribution is 7.98. The summed E-state index contributed by atoms with van der Waals surface area (Å²) in [5.41, 5.74) is 0.0614. The Morgan fingerprint density at radius 2 is 2.11 bits per heavy atom. The molecule has 0 radical (unpaired) electrons. The number of hydrogen-bond acceptors (Lipinski definition) is 4. The van der Waals surface area contributed by atoms with E-state index in [1.807, 2.05) is 6.26 Å². The van der Waals surface area contributed by atoms with Gasteiger partial charge in [-0.25, -0.2) is 17.9 Å². The van der Waals surface area contributed by atoms with Crippen molar-refractivity contribution in [3.05, 3.63) is 28.3 Å². The highest BCUT2D eigenvalue weighted by atomic mass is 35.5. The fraction of sp³-hybridized carbons (Fsp3) is 0.364. The Hall–Kier alpha value is -0.760. The zero-order chi connectivity index (χ0) is 14.6. The average Bonchev–Trinajstić information content (AvgIpc) is 2.31. The normalized spacial score (nSPS) is 11.5. The standard InChI is InChI=1S/C11H14ClNO4S2/c1-7-9(11(14)15)5-8(12)6-10(7)19(16,17)13-3-4-18-2/h5-6,13H,3-4H2,1-2H3,(H,14,15). The molecular weight excluding hydrogens is 310 g/mol. The Labute approximate surface area is 121 Å². The zero-order valence-electron chi connectivity index (χ0n) is 10.4. The van der Waals surface area contributed by atoms with Gasteiger partial charge >= 0.3 is 5.97 Å². The molecule has 0 fully saturated rings. The molecule has 19 heavy (non-hydrogen) atoms. The minimum absolute atomic E-state index is 0.0771. The minimum Gasteiger partial charge on any atom is -0.478 e. The van der Waals surface area contributed by atoms with Gasteiger partial charge in [-0.15, -0.1) is 0 Å². The molecular formula is C11H14ClNO4S2. The first-order chi connectivity index (χ1) is 8.79. The van der Waals surface area contributed by atoms with Crippen LogP contribution in [0.4, 0.5) is 0 Å². The minimum atomic E-state index is -3.75. The number of hydrogen-bond donors (Lipinski definition) is 2. The van der Waals surface area contributed by atoms with Crippen LogP contribution in [0.2, 0.25) is 5.02 Å². The summed E-state index contributed by atoms with van der Waals surface area (Å²) in [6.07, 6.45) is 1.86. The fourth-order valence-corrected chi connectivity index (χ4v) is 3.55. The van der Waals surface area contributed by atoms with Crippen LogP contribution >= 0.6 is 23.4 Å². The summed E-state index contributed by atoms with van der Waals surface area (Å²) in [5.74, 6) is -0.578. The number of rotatable bonds is 6. The predicted molar refractivity (Wildman–Crippen MR) is 76.7 cm³/mol. The monoisotopic (exact) mass is 323 g/mol. The number of benzene rings is 1. The first kappa shape index (κ1) is 16.3. The number of carboxylic acids is 1. The maximum atomic E-state index is 12.1. The lowest BCUT2D eigenvalue weighted by atomic mass is 10.1. The number of nitrogens with one attached hydrogen (secondary N) is 1. The summed E-state index contributed by atoms with van der Waals surface area (Å²) in [6, 6.07) is 2.49. The van der Waals surface area contributed by atoms with E-state index in [4.69, 9.17) is 16.7 Å². The van der Waals surface area contributed by atoms with Gasteiger partial charge < -0.3 is 5.11 Å². The molecule has 0 atom stereocenters. The molecule has 0 aromatic heterocycles. The van der Waals surface area contributed by atoms with Crippen molar-refractivity contribution in [2.45, 2.75) is 11.8 Å². The van der Waals surface area contributed by atoms with Gasteiger partial charge in [0.25, 0.3) is 0 Å². The van der Waals surface area contributed by atoms with Crippen LogP contribution in [0.3, 0.4) is 0 Å². The molecule has 0 amide bonds. The van der Waals surface area contributed by atoms with Gasteiger partial charge in [-0.3, -0.25) is 0 Å². The predicted octanol–water partition coefficient (Wildman–Crippen LogP) is 1.99. The smallest absolute Gasteiger partial charge is 0.336 e. The fourth-order valence-electron chi connectivity index (χ4n) is 1.51. The van der Waals surface area contributed by atoms with Gasteiger partial charge in [0.1, 0.15) is 0 Å². The molecule has 1 aromatic rings. The Morgan fingerprint density at radius 1 is 1.47 bits per heavy atom. The first-order valence-electron chi connectivity index (χ1n) is 5.31. The molecule has 0 aliphatic heterocycles. The third kappa shape index (κ3) is 4.10. The van der Waals surface area contributed by atoms with Gasteiger partial charge in [0, 0.05) is 17.3 Å². The second-order valence-corrected chi connectivity index (χ2v) is 6.93. The lowest BCUT2D eigenvalue weighted by Gasteiger charge is -2.11. The lowest BCUT2D eigenvalue weighted by molar-refractivity contribution is 0.0696. The van der Waals surface area contributed by atoms with Crippen molar-refractivity contribution in [1.82, 2.24) is 4.72 Å². The van der Waals surface area contributed by atoms with Gasteiger partial charge in [-0.2, -0.15) is 11.8 Å². The molecule has 5 nitrogen and oxygen atoms in total. The molecule has 0 saturated carbocycles. The van der Waals surface area contributed by atoms with Gasteiger partial charge in [0.15, 0.2) is 0 Å². The van der Waals surface area contributed by atoms with Crippen molar-refractivity contribution in [3.8, 4) is 0 Å². The molecule has 0 aliphatic rings. The Balaban J connectivity index is 3.23. The number of aromatic carboxylic acids is 1. The summed E-state index contributed by atoms with van der Waals surface area (Å²) >= 11 is 7.28. The van der Waals surface area contributed by atoms with E-state index in [9.17, 15) is 13.2 Å². The van der Waals surface area contributed by atoms with Crippen LogP contribution in [0, 0.1) is 6.92 Å². The first-order valence-corrected chi connectivity index (χ1v) is 8.57. The van der Waals surface area contributed by atoms with Crippen LogP contribution in [0.1, 0.15) is 15.9 Å². The van der Waals surface area contributed by atoms with E-state index in [1.165, 1.54) is 30.8 Å². The molecule has 2 N–H and O–H groups in total. The van der Waals surface area contributed by atoms with Crippen molar-refractivity contribution in [3.63, 3.8) is 0 Å². The van der Waals surface area contributed by atoms with Crippen molar-refractivity contribution >= 4 is 39.4 Å². The number of thioether (sulfide) groups is 1. The summed E-state index contributed by atoms with van der Waals surface area (Å²) in [7, 11) is -3.75. The van der Waals surface area contributed by atoms with Gasteiger partial charge in [0.05, 0.1) is 10.5 Å². The molecule has 0 saturated heterocycles. The molecule has 0 aliphatic carbocycles. The maximum absolute atomic E-state index is 12.1. The van der Waals surface area contributed by atoms with E-state index in [1.54, 1.807) is 0 Å². The third-order valence-electron chi connectivity index (χ3n) is 2.44. The molecule has 0 heterocycles. The molecule has 1 rings (SSSR count). The van der Waals surface area contributed by atoms with E-state index in [2.05, 4.69) is 4.72 Å². The van der Waals surface area contributed by atoms with Crippen LogP contribution in [-0.2, 0) is 10.0 Å². The van der Waals surface area contributed by atoms with E-state index < -0.39 is 16.0 Å². The molecule has 0 unspecified atom stereocenters. The van der Waals surface area contributed by atoms with Crippen molar-refractivity contribution in [1.29, 1.82) is 0 Å². The topological polar surface area (TPSA) is 83.5 Å². The highest BCUT2D eigenvalue weighted by Crippen LogP contribution is 2.24. The Morgan fingerprint density at radius 3 is 2.63 bits per heavy atom. The highest BCUT2D eigenvalue weighted by Gasteiger charge is 2.21. The van der Waals surface area contributed by atoms with Crippen LogP contribution in [0.5, 0.6) is 0 Å². The summed E-state index contributed by atoms with van der Waals surface area (Å²) in [5, 5.41) is 9.09. The second kappa shape index (κ2) is 6.60. The van der Waals surface area contributed by atoms with Crippen LogP contribution < -0.4 is 4.72 Å². The quantitative estimate of drug-likeness (QED) is 0.782. The van der Waals surface area contributed by atoms with Crippen LogP contribution in [0.15, 0.2) is 17.0 Å². The van der Waals surface area contributed by atoms with Gasteiger partial charge in [0.2, 0.25) is 10.0 Å². The van der Waals surface area contributed by atoms with Crippen LogP contribution in [-0.4, -0.2) is 38.0 Å². The van der Waals surface area contributed by atoms with Gasteiger partial charge in [-0.05, 0) is 30.9 Å². The number of halogens is 1.